The molecule has 2 aliphatic heterocycles. The molecule has 0 aliphatic carbocycles. The number of benzene rings is 1. The summed E-state index contributed by atoms with van der Waals surface area (Å²) in [7, 11) is 0. The molecule has 10 nitrogen and oxygen atoms in total. The largest absolute Gasteiger partial charge is 0.378 e. The van der Waals surface area contributed by atoms with Crippen LogP contribution in [0.15, 0.2) is 67.6 Å². The van der Waals surface area contributed by atoms with Crippen molar-refractivity contribution in [3.8, 4) is 11.3 Å². The van der Waals surface area contributed by atoms with Crippen LogP contribution in [0, 0.1) is 5.92 Å². The maximum atomic E-state index is 13.1. The summed E-state index contributed by atoms with van der Waals surface area (Å²) in [6.45, 7) is 9.14. The van der Waals surface area contributed by atoms with Crippen molar-refractivity contribution in [1.82, 2.24) is 24.8 Å². The number of amides is 1. The summed E-state index contributed by atoms with van der Waals surface area (Å²) in [4.78, 5) is 46.1. The third-order valence-electron chi connectivity index (χ3n) is 7.95. The van der Waals surface area contributed by atoms with Gasteiger partial charge in [-0.05, 0) is 72.8 Å². The van der Waals surface area contributed by atoms with Crippen LogP contribution in [0.3, 0.4) is 0 Å². The van der Waals surface area contributed by atoms with E-state index in [2.05, 4.69) is 47.7 Å². The van der Waals surface area contributed by atoms with E-state index >= 15 is 0 Å². The molecule has 2 fully saturated rings. The maximum Gasteiger partial charge on any atom is 0.274 e. The first kappa shape index (κ1) is 27.7. The summed E-state index contributed by atoms with van der Waals surface area (Å²) in [5.41, 5.74) is 4.79. The summed E-state index contributed by atoms with van der Waals surface area (Å²) >= 11 is 0. The van der Waals surface area contributed by atoms with Crippen LogP contribution >= 0.6 is 0 Å². The number of hydrogen-bond acceptors (Lipinski definition) is 8. The lowest BCUT2D eigenvalue weighted by Gasteiger charge is -2.32. The Kier molecular flexibility index (Phi) is 8.34. The highest BCUT2D eigenvalue weighted by molar-refractivity contribution is 6.03. The van der Waals surface area contributed by atoms with E-state index in [-0.39, 0.29) is 11.7 Å². The van der Waals surface area contributed by atoms with Crippen molar-refractivity contribution in [2.24, 2.45) is 5.92 Å². The topological polar surface area (TPSA) is 116 Å². The number of nitrogens with zero attached hydrogens (tertiary/aromatic N) is 5. The second kappa shape index (κ2) is 12.6. The van der Waals surface area contributed by atoms with Crippen molar-refractivity contribution >= 4 is 34.2 Å². The molecular formula is C32H35N7O3. The molecule has 0 bridgehead atoms. The maximum absolute atomic E-state index is 13.1. The van der Waals surface area contributed by atoms with Crippen molar-refractivity contribution in [2.75, 3.05) is 49.6 Å². The van der Waals surface area contributed by atoms with Crippen LogP contribution in [0.25, 0.3) is 22.3 Å². The predicted molar refractivity (Wildman–Crippen MR) is 162 cm³/mol. The Balaban J connectivity index is 1.10. The molecule has 216 valence electrons. The SMILES string of the molecule is C=CC(=O)C[C@@H]1CCCN(Cc2ccnc(C(=O)Nc3ccc(-c4cc5c(N6CCOCC6)ncnc5[nH]4)cc3)c2)C1. The van der Waals surface area contributed by atoms with Crippen molar-refractivity contribution < 1.29 is 14.3 Å². The number of pyridine rings is 1. The minimum Gasteiger partial charge on any atom is -0.378 e. The number of likely N-dealkylation sites (tertiary alicyclic amines) is 1. The first-order valence-corrected chi connectivity index (χ1v) is 14.5. The number of hydrogen-bond donors (Lipinski definition) is 2. The van der Waals surface area contributed by atoms with E-state index in [4.69, 9.17) is 4.74 Å². The van der Waals surface area contributed by atoms with E-state index in [1.54, 1.807) is 12.5 Å². The molecule has 4 aromatic rings. The number of ether oxygens (including phenoxy) is 1. The summed E-state index contributed by atoms with van der Waals surface area (Å²) in [6.07, 6.45) is 7.35. The predicted octanol–water partition coefficient (Wildman–Crippen LogP) is 4.47. The van der Waals surface area contributed by atoms with E-state index < -0.39 is 0 Å². The average molecular weight is 566 g/mol. The third kappa shape index (κ3) is 6.40. The standard InChI is InChI=1S/C32H35N7O3/c1-2-26(40)16-22-4-3-11-38(19-22)20-23-9-10-33-29(17-23)32(41)36-25-7-5-24(6-8-25)28-18-27-30(37-28)34-21-35-31(27)39-12-14-42-15-13-39/h2,5-10,17-18,21-22H,1,3-4,11-16,19-20H2,(H,36,41)(H,34,35,37)/t22-/m0/s1. The number of carbonyl (C=O) groups excluding carboxylic acids is 2. The quantitative estimate of drug-likeness (QED) is 0.286. The highest BCUT2D eigenvalue weighted by atomic mass is 16.5. The number of carbonyl (C=O) groups is 2. The van der Waals surface area contributed by atoms with E-state index in [0.29, 0.717) is 36.9 Å². The van der Waals surface area contributed by atoms with Gasteiger partial charge in [0.15, 0.2) is 5.78 Å². The number of piperidine rings is 1. The summed E-state index contributed by atoms with van der Waals surface area (Å²) in [6, 6.07) is 13.6. The highest BCUT2D eigenvalue weighted by Gasteiger charge is 2.22. The summed E-state index contributed by atoms with van der Waals surface area (Å²) in [5, 5.41) is 3.94. The Morgan fingerprint density at radius 1 is 1.07 bits per heavy atom. The number of morpholine rings is 1. The molecule has 1 amide bonds. The molecule has 6 rings (SSSR count). The van der Waals surface area contributed by atoms with Crippen LogP contribution in [-0.2, 0) is 16.1 Å². The van der Waals surface area contributed by atoms with Gasteiger partial charge in [0, 0.05) is 50.2 Å². The molecule has 3 aromatic heterocycles. The second-order valence-electron chi connectivity index (χ2n) is 10.9. The van der Waals surface area contributed by atoms with Gasteiger partial charge in [0.2, 0.25) is 0 Å². The highest BCUT2D eigenvalue weighted by Crippen LogP contribution is 2.30. The van der Waals surface area contributed by atoms with Gasteiger partial charge in [-0.2, -0.15) is 0 Å². The Morgan fingerprint density at radius 3 is 2.71 bits per heavy atom. The number of aromatic nitrogens is 4. The minimum atomic E-state index is -0.256. The number of rotatable bonds is 9. The molecule has 2 saturated heterocycles. The fraction of sp³-hybridized carbons (Fsp3) is 0.344. The lowest BCUT2D eigenvalue weighted by Crippen LogP contribution is -2.36. The van der Waals surface area contributed by atoms with Crippen LogP contribution in [0.5, 0.6) is 0 Å². The molecule has 2 N–H and O–H groups in total. The van der Waals surface area contributed by atoms with Gasteiger partial charge in [0.25, 0.3) is 5.91 Å². The van der Waals surface area contributed by atoms with Crippen LogP contribution in [0.4, 0.5) is 11.5 Å². The van der Waals surface area contributed by atoms with Gasteiger partial charge in [-0.1, -0.05) is 18.7 Å². The number of allylic oxidation sites excluding steroid dienone is 1. The van der Waals surface area contributed by atoms with Gasteiger partial charge >= 0.3 is 0 Å². The molecule has 0 radical (unpaired) electrons. The number of aromatic amines is 1. The van der Waals surface area contributed by atoms with E-state index in [1.165, 1.54) is 6.08 Å². The summed E-state index contributed by atoms with van der Waals surface area (Å²) in [5.74, 6) is 1.10. The van der Waals surface area contributed by atoms with Gasteiger partial charge in [-0.3, -0.25) is 19.5 Å². The molecule has 0 unspecified atom stereocenters. The van der Waals surface area contributed by atoms with Gasteiger partial charge in [-0.25, -0.2) is 9.97 Å². The molecule has 1 aromatic carbocycles. The first-order chi connectivity index (χ1) is 20.6. The first-order valence-electron chi connectivity index (χ1n) is 14.5. The monoisotopic (exact) mass is 565 g/mol. The second-order valence-corrected chi connectivity index (χ2v) is 10.9. The molecule has 0 spiro atoms. The minimum absolute atomic E-state index is 0.103. The van der Waals surface area contributed by atoms with Gasteiger partial charge in [0.1, 0.15) is 23.5 Å². The molecule has 1 atom stereocenters. The zero-order valence-electron chi connectivity index (χ0n) is 23.6. The Labute approximate surface area is 244 Å². The Hall–Kier alpha value is -4.41. The lowest BCUT2D eigenvalue weighted by atomic mass is 9.92. The molecule has 0 saturated carbocycles. The smallest absolute Gasteiger partial charge is 0.274 e. The fourth-order valence-corrected chi connectivity index (χ4v) is 5.82. The average Bonchev–Trinajstić information content (AvgIpc) is 3.47. The van der Waals surface area contributed by atoms with Crippen LogP contribution in [0.2, 0.25) is 0 Å². The van der Waals surface area contributed by atoms with Crippen molar-refractivity contribution in [1.29, 1.82) is 0 Å². The lowest BCUT2D eigenvalue weighted by molar-refractivity contribution is -0.115. The number of ketones is 1. The van der Waals surface area contributed by atoms with Crippen molar-refractivity contribution in [3.63, 3.8) is 0 Å². The molecule has 5 heterocycles. The van der Waals surface area contributed by atoms with E-state index in [0.717, 1.165) is 79.2 Å². The van der Waals surface area contributed by atoms with Crippen LogP contribution in [0.1, 0.15) is 35.3 Å². The number of anilines is 2. The normalized spacial score (nSPS) is 17.7. The number of fused-ring (bicyclic) bond motifs is 1. The van der Waals surface area contributed by atoms with Crippen molar-refractivity contribution in [3.05, 3.63) is 78.9 Å². The fourth-order valence-electron chi connectivity index (χ4n) is 5.82. The number of H-pyrrole nitrogens is 1. The van der Waals surface area contributed by atoms with E-state index in [1.807, 2.05) is 36.4 Å². The van der Waals surface area contributed by atoms with Crippen molar-refractivity contribution in [2.45, 2.75) is 25.8 Å². The third-order valence-corrected chi connectivity index (χ3v) is 7.95. The molecule has 2 aliphatic rings. The number of nitrogens with one attached hydrogen (secondary N) is 2. The Morgan fingerprint density at radius 2 is 1.90 bits per heavy atom. The van der Waals surface area contributed by atoms with Crippen LogP contribution < -0.4 is 10.2 Å². The van der Waals surface area contributed by atoms with Crippen LogP contribution in [-0.4, -0.2) is 75.9 Å². The molecule has 42 heavy (non-hydrogen) atoms. The van der Waals surface area contributed by atoms with Gasteiger partial charge < -0.3 is 19.9 Å². The zero-order chi connectivity index (χ0) is 28.9. The summed E-state index contributed by atoms with van der Waals surface area (Å²) < 4.78 is 5.49. The zero-order valence-corrected chi connectivity index (χ0v) is 23.6. The van der Waals surface area contributed by atoms with Gasteiger partial charge in [0.05, 0.1) is 18.6 Å². The Bertz CT molecular complexity index is 1580. The van der Waals surface area contributed by atoms with E-state index in [9.17, 15) is 9.59 Å². The molecular weight excluding hydrogens is 530 g/mol. The van der Waals surface area contributed by atoms with Gasteiger partial charge in [-0.15, -0.1) is 0 Å². The molecule has 10 heteroatoms.